The van der Waals surface area contributed by atoms with Crippen molar-refractivity contribution in [3.63, 3.8) is 0 Å². The number of nitrogens with zero attached hydrogens (tertiary/aromatic N) is 8. The van der Waals surface area contributed by atoms with Crippen LogP contribution in [-0.4, -0.2) is 230 Å². The van der Waals surface area contributed by atoms with Gasteiger partial charge in [0, 0.05) is 51.4 Å². The van der Waals surface area contributed by atoms with E-state index in [9.17, 15) is 43.2 Å². The molecule has 3 saturated carbocycles. The maximum absolute atomic E-state index is 11.4. The summed E-state index contributed by atoms with van der Waals surface area (Å²) < 4.78 is 0. The summed E-state index contributed by atoms with van der Waals surface area (Å²) in [4.78, 5) is 118. The van der Waals surface area contributed by atoms with Gasteiger partial charge >= 0.3 is 0 Å². The van der Waals surface area contributed by atoms with Crippen molar-refractivity contribution in [2.75, 3.05) is 94.0 Å². The molecular weight excluding hydrogens is 1330 g/mol. The minimum atomic E-state index is -0.0174. The van der Waals surface area contributed by atoms with Crippen molar-refractivity contribution >= 4 is 57.7 Å². The number of benzene rings is 3. The fourth-order valence-corrected chi connectivity index (χ4v) is 19.4. The van der Waals surface area contributed by atoms with Crippen LogP contribution in [0.4, 0.5) is 5.69 Å². The van der Waals surface area contributed by atoms with Crippen LogP contribution in [0.25, 0.3) is 0 Å². The van der Waals surface area contributed by atoms with E-state index in [1.165, 1.54) is 130 Å². The standard InChI is InChI=1S/C12H21NO.C12H15NO.C11H13NO.C11H19NO.C11H13NO.C10H17NO.C8H15NO.C7H13NO.C6H11NO/c2*1-9(14)12-7-10-5-3-4-6-11(10)8-13(12)2;1-8(13)11-10-6-4-3-5-9(10)7-12(11)2;2*1-8(13)11-7-9-5-3-4-6-10(9)12(11)2;1-7(12)10-9-5-3-2-4-8(9)6-11-10;1-7(10)8-5-3-4-6-9(8)2;1-6(9)7-4-3-5-8(7)2;1-5(8)6-3-4-7(6)2/h10-12H,3-8H2,1-2H3;3-6,12H,7-8H2,1-2H3;3-6,11H,7H2,1-2H3;9-11H,3-7H2,1-2H3;3-6,11H,7H2,1-2H3;8-11H,2-6H2,1H3;8H,3-6H2,1-2H3;7H,3-5H2,1-2H3;6H,3-4H2,1-2H3. The van der Waals surface area contributed by atoms with Crippen LogP contribution in [0.5, 0.6) is 0 Å². The van der Waals surface area contributed by atoms with Crippen molar-refractivity contribution in [2.24, 2.45) is 29.6 Å². The van der Waals surface area contributed by atoms with Gasteiger partial charge in [0.05, 0.1) is 54.4 Å². The molecule has 588 valence electrons. The van der Waals surface area contributed by atoms with Gasteiger partial charge in [0.15, 0.2) is 11.6 Å². The first kappa shape index (κ1) is 87.4. The van der Waals surface area contributed by atoms with E-state index in [1.54, 1.807) is 62.3 Å². The summed E-state index contributed by atoms with van der Waals surface area (Å²) in [6.45, 7) is 22.5. The Labute approximate surface area is 638 Å². The highest BCUT2D eigenvalue weighted by Crippen LogP contribution is 2.41. The smallest absolute Gasteiger partial charge is 0.152 e. The first-order chi connectivity index (χ1) is 50.4. The predicted molar refractivity (Wildman–Crippen MR) is 427 cm³/mol. The molecule has 18 nitrogen and oxygen atoms in total. The Morgan fingerprint density at radius 3 is 1.29 bits per heavy atom. The van der Waals surface area contributed by atoms with Gasteiger partial charge in [0.1, 0.15) is 40.5 Å². The van der Waals surface area contributed by atoms with Crippen LogP contribution in [0.2, 0.25) is 0 Å². The molecule has 6 saturated heterocycles. The second-order valence-corrected chi connectivity index (χ2v) is 33.4. The van der Waals surface area contributed by atoms with E-state index in [4.69, 9.17) is 0 Å². The zero-order valence-corrected chi connectivity index (χ0v) is 68.3. The number of likely N-dealkylation sites (tertiary alicyclic amines) is 5. The number of para-hydroxylation sites is 1. The summed E-state index contributed by atoms with van der Waals surface area (Å²) in [6, 6.07) is 26.9. The minimum absolute atomic E-state index is 0.0174. The van der Waals surface area contributed by atoms with Gasteiger partial charge in [-0.25, -0.2) is 0 Å². The fourth-order valence-electron chi connectivity index (χ4n) is 19.4. The average Bonchev–Trinajstić information content (AvgIpc) is 1.66. The summed E-state index contributed by atoms with van der Waals surface area (Å²) in [5.41, 5.74) is 7.62. The fraction of sp³-hybridized carbons (Fsp3) is 0.693. The number of fused-ring (bicyclic) bond motifs is 6. The van der Waals surface area contributed by atoms with Gasteiger partial charge in [-0.15, -0.1) is 0 Å². The van der Waals surface area contributed by atoms with Gasteiger partial charge in [-0.05, 0) is 278 Å². The van der Waals surface area contributed by atoms with E-state index in [1.807, 2.05) is 78.7 Å². The topological polar surface area (TPSA) is 192 Å². The molecule has 0 amide bonds. The Balaban J connectivity index is 0.000000167. The molecule has 9 fully saturated rings. The minimum Gasteiger partial charge on any atom is -0.364 e. The van der Waals surface area contributed by atoms with Crippen molar-refractivity contribution in [1.82, 2.24) is 39.6 Å². The van der Waals surface area contributed by atoms with Gasteiger partial charge in [-0.3, -0.25) is 77.5 Å². The molecule has 9 aliphatic heterocycles. The van der Waals surface area contributed by atoms with Crippen molar-refractivity contribution in [2.45, 2.75) is 277 Å². The molecule has 1 N–H and O–H groups in total. The maximum atomic E-state index is 11.4. The van der Waals surface area contributed by atoms with Crippen molar-refractivity contribution in [1.29, 1.82) is 0 Å². The summed E-state index contributed by atoms with van der Waals surface area (Å²) in [5, 5.41) is 3.35. The molecule has 12 aliphatic rings. The van der Waals surface area contributed by atoms with Crippen LogP contribution in [-0.2, 0) is 69.1 Å². The number of nitrogens with one attached hydrogen (secondary N) is 1. The molecule has 18 heteroatoms. The number of likely N-dealkylation sites (N-methyl/N-ethyl adjacent to an activating group) is 8. The molecule has 15 unspecified atom stereocenters. The quantitative estimate of drug-likeness (QED) is 0.212. The molecule has 3 aromatic rings. The monoisotopic (exact) mass is 1460 g/mol. The van der Waals surface area contributed by atoms with E-state index >= 15 is 0 Å². The molecular formula is C88H137N9O9. The zero-order chi connectivity index (χ0) is 77.6. The first-order valence-electron chi connectivity index (χ1n) is 40.6. The van der Waals surface area contributed by atoms with E-state index in [0.29, 0.717) is 46.7 Å². The number of hydrogen-bond donors (Lipinski definition) is 1. The van der Waals surface area contributed by atoms with Gasteiger partial charge in [-0.1, -0.05) is 118 Å². The largest absolute Gasteiger partial charge is 0.364 e. The number of rotatable bonds is 9. The molecule has 0 radical (unpaired) electrons. The third-order valence-corrected chi connectivity index (χ3v) is 25.7. The maximum Gasteiger partial charge on any atom is 0.152 e. The predicted octanol–water partition coefficient (Wildman–Crippen LogP) is 12.3. The second-order valence-electron chi connectivity index (χ2n) is 33.4. The van der Waals surface area contributed by atoms with Crippen molar-refractivity contribution < 1.29 is 43.2 Å². The van der Waals surface area contributed by atoms with Gasteiger partial charge in [0.2, 0.25) is 0 Å². The lowest BCUT2D eigenvalue weighted by molar-refractivity contribution is -0.125. The number of Topliss-reactive ketones (excluding diaryl/α,β-unsaturated/α-hetero) is 9. The molecule has 3 aliphatic carbocycles. The average molecular weight is 1470 g/mol. The van der Waals surface area contributed by atoms with E-state index in [2.05, 4.69) is 95.0 Å². The van der Waals surface area contributed by atoms with E-state index < -0.39 is 0 Å². The number of anilines is 1. The Kier molecular flexibility index (Phi) is 34.9. The summed E-state index contributed by atoms with van der Waals surface area (Å²) in [6.07, 6.45) is 27.0. The van der Waals surface area contributed by atoms with Gasteiger partial charge in [-0.2, -0.15) is 0 Å². The van der Waals surface area contributed by atoms with Gasteiger partial charge < -0.3 is 10.2 Å². The van der Waals surface area contributed by atoms with Crippen LogP contribution in [0.1, 0.15) is 225 Å². The van der Waals surface area contributed by atoms with Crippen LogP contribution >= 0.6 is 0 Å². The lowest BCUT2D eigenvalue weighted by Gasteiger charge is -2.43. The molecule has 15 rings (SSSR count). The SMILES string of the molecule is CC(=O)C1CC2CCCCC2CN1C.CC(=O)C1CC2CCCCC2N1C.CC(=O)C1CCCCN1C.CC(=O)C1CCCN1C.CC(=O)C1CCN1C.CC(=O)C1Cc2ccccc2CN1C.CC(=O)C1Cc2ccccc2N1C.CC(=O)C1NCC2CCCCC21.CC(=O)C1c2ccccc2CN1C. The lowest BCUT2D eigenvalue weighted by Crippen LogP contribution is -2.49. The van der Waals surface area contributed by atoms with Crippen LogP contribution in [0.3, 0.4) is 0 Å². The molecule has 0 spiro atoms. The summed E-state index contributed by atoms with van der Waals surface area (Å²) in [7, 11) is 16.3. The Morgan fingerprint density at radius 2 is 0.792 bits per heavy atom. The Morgan fingerprint density at radius 1 is 0.340 bits per heavy atom. The molecule has 3 aromatic carbocycles. The van der Waals surface area contributed by atoms with Crippen LogP contribution < -0.4 is 10.2 Å². The number of piperidine rings is 2. The highest BCUT2D eigenvalue weighted by molar-refractivity contribution is 5.88. The number of carbonyl (C=O) groups is 9. The summed E-state index contributed by atoms with van der Waals surface area (Å²) >= 11 is 0. The first-order valence-corrected chi connectivity index (χ1v) is 40.6. The number of ketones is 9. The molecule has 15 atom stereocenters. The van der Waals surface area contributed by atoms with E-state index in [-0.39, 0.29) is 71.7 Å². The molecule has 0 bridgehead atoms. The normalized spacial score (nSPS) is 30.1. The third-order valence-electron chi connectivity index (χ3n) is 25.7. The summed E-state index contributed by atoms with van der Waals surface area (Å²) in [5.74, 6) is 6.73. The lowest BCUT2D eigenvalue weighted by atomic mass is 9.72. The van der Waals surface area contributed by atoms with Crippen LogP contribution in [0, 0.1) is 29.6 Å². The highest BCUT2D eigenvalue weighted by Gasteiger charge is 2.43. The number of hydrogen-bond acceptors (Lipinski definition) is 18. The number of carbonyl (C=O) groups excluding carboxylic acids is 9. The van der Waals surface area contributed by atoms with Crippen LogP contribution in [0.15, 0.2) is 72.8 Å². The highest BCUT2D eigenvalue weighted by atomic mass is 16.2. The van der Waals surface area contributed by atoms with E-state index in [0.717, 1.165) is 114 Å². The molecule has 9 heterocycles. The van der Waals surface area contributed by atoms with Crippen molar-refractivity contribution in [3.05, 3.63) is 101 Å². The zero-order valence-electron chi connectivity index (χ0n) is 68.3. The second kappa shape index (κ2) is 42.4. The Hall–Kier alpha value is -5.83. The molecule has 106 heavy (non-hydrogen) atoms. The Bertz CT molecular complexity index is 3390. The van der Waals surface area contributed by atoms with Crippen molar-refractivity contribution in [3.8, 4) is 0 Å². The third kappa shape index (κ3) is 24.3. The molecule has 0 aromatic heterocycles. The van der Waals surface area contributed by atoms with Gasteiger partial charge in [0.25, 0.3) is 0 Å².